The van der Waals surface area contributed by atoms with E-state index in [1.165, 1.54) is 4.90 Å². The molecular weight excluding hydrogens is 381 g/mol. The maximum Gasteiger partial charge on any atom is 0.332 e. The summed E-state index contributed by atoms with van der Waals surface area (Å²) in [4.78, 5) is 27.7. The number of hydrogen-bond donors (Lipinski definition) is 0. The minimum atomic E-state index is -0.912. The monoisotopic (exact) mass is 395 g/mol. The minimum absolute atomic E-state index is 0.283. The van der Waals surface area contributed by atoms with Gasteiger partial charge in [-0.1, -0.05) is 6.08 Å². The Bertz CT molecular complexity index is 676. The molecule has 3 amide bonds. The molecule has 0 spiro atoms. The van der Waals surface area contributed by atoms with Crippen molar-refractivity contribution in [3.8, 4) is 6.07 Å². The number of rotatable bonds is 3. The summed E-state index contributed by atoms with van der Waals surface area (Å²) in [6.45, 7) is 7.36. The molecule has 0 aliphatic carbocycles. The van der Waals surface area contributed by atoms with Crippen LogP contribution >= 0.6 is 22.6 Å². The molecule has 1 heterocycles. The Kier molecular flexibility index (Phi) is 4.05. The van der Waals surface area contributed by atoms with Crippen LogP contribution in [0.4, 0.5) is 10.5 Å². The standard InChI is InChI=1S/C15H14IN3O2/c1-4-7-18-14(21)19(13(20)15(18,2)3)11-6-5-10(9-17)12(16)8-11/h4-6,8H,1,7H2,2-3H3. The summed E-state index contributed by atoms with van der Waals surface area (Å²) in [6, 6.07) is 6.59. The average Bonchev–Trinajstić information content (AvgIpc) is 2.60. The number of halogens is 1. The van der Waals surface area contributed by atoms with Gasteiger partial charge < -0.3 is 4.90 Å². The maximum absolute atomic E-state index is 12.6. The van der Waals surface area contributed by atoms with Crippen molar-refractivity contribution in [3.05, 3.63) is 40.0 Å². The number of nitriles is 1. The van der Waals surface area contributed by atoms with Crippen LogP contribution in [0, 0.1) is 14.9 Å². The van der Waals surface area contributed by atoms with E-state index in [4.69, 9.17) is 5.26 Å². The topological polar surface area (TPSA) is 64.4 Å². The maximum atomic E-state index is 12.6. The molecule has 0 aromatic heterocycles. The SMILES string of the molecule is C=CCN1C(=O)N(c2ccc(C#N)c(I)c2)C(=O)C1(C)C. The number of urea groups is 1. The Labute approximate surface area is 137 Å². The summed E-state index contributed by atoms with van der Waals surface area (Å²) in [5, 5.41) is 8.95. The largest absolute Gasteiger partial charge is 0.332 e. The Morgan fingerprint density at radius 2 is 2.10 bits per heavy atom. The van der Waals surface area contributed by atoms with Crippen molar-refractivity contribution in [2.75, 3.05) is 11.4 Å². The van der Waals surface area contributed by atoms with Crippen LogP contribution in [0.15, 0.2) is 30.9 Å². The fourth-order valence-corrected chi connectivity index (χ4v) is 2.85. The quantitative estimate of drug-likeness (QED) is 0.449. The number of nitrogens with zero attached hydrogens (tertiary/aromatic N) is 3. The van der Waals surface area contributed by atoms with Gasteiger partial charge in [-0.15, -0.1) is 6.58 Å². The van der Waals surface area contributed by atoms with Crippen LogP contribution in [0.5, 0.6) is 0 Å². The lowest BCUT2D eigenvalue weighted by molar-refractivity contribution is -0.123. The van der Waals surface area contributed by atoms with Crippen LogP contribution in [0.2, 0.25) is 0 Å². The number of carbonyl (C=O) groups excluding carboxylic acids is 2. The van der Waals surface area contributed by atoms with Crippen LogP contribution in [0.3, 0.4) is 0 Å². The first-order chi connectivity index (χ1) is 9.84. The molecule has 6 heteroatoms. The molecule has 0 atom stereocenters. The molecule has 21 heavy (non-hydrogen) atoms. The van der Waals surface area contributed by atoms with E-state index in [0.29, 0.717) is 21.4 Å². The van der Waals surface area contributed by atoms with Gasteiger partial charge in [-0.3, -0.25) is 4.79 Å². The van der Waals surface area contributed by atoms with E-state index in [0.717, 1.165) is 4.90 Å². The summed E-state index contributed by atoms with van der Waals surface area (Å²) in [5.41, 5.74) is 0.0821. The van der Waals surface area contributed by atoms with Gasteiger partial charge in [-0.2, -0.15) is 5.26 Å². The van der Waals surface area contributed by atoms with E-state index < -0.39 is 5.54 Å². The second-order valence-corrected chi connectivity index (χ2v) is 6.32. The Morgan fingerprint density at radius 3 is 2.62 bits per heavy atom. The number of benzene rings is 1. The third kappa shape index (κ3) is 2.42. The molecule has 1 aliphatic rings. The highest BCUT2D eigenvalue weighted by Crippen LogP contribution is 2.32. The number of imide groups is 1. The molecule has 108 valence electrons. The molecule has 0 unspecified atom stereocenters. The van der Waals surface area contributed by atoms with Crippen molar-refractivity contribution in [2.45, 2.75) is 19.4 Å². The molecule has 1 saturated heterocycles. The molecule has 1 fully saturated rings. The van der Waals surface area contributed by atoms with E-state index in [1.54, 1.807) is 38.1 Å². The van der Waals surface area contributed by atoms with Crippen molar-refractivity contribution in [2.24, 2.45) is 0 Å². The zero-order chi connectivity index (χ0) is 15.8. The second-order valence-electron chi connectivity index (χ2n) is 5.16. The van der Waals surface area contributed by atoms with E-state index >= 15 is 0 Å². The average molecular weight is 395 g/mol. The molecule has 0 saturated carbocycles. The van der Waals surface area contributed by atoms with Crippen molar-refractivity contribution in [1.29, 1.82) is 5.26 Å². The summed E-state index contributed by atoms with van der Waals surface area (Å²) in [6.07, 6.45) is 1.60. The smallest absolute Gasteiger partial charge is 0.306 e. The second kappa shape index (κ2) is 5.48. The normalized spacial score (nSPS) is 17.0. The van der Waals surface area contributed by atoms with Crippen LogP contribution in [0.25, 0.3) is 0 Å². The van der Waals surface area contributed by atoms with E-state index in [-0.39, 0.29) is 11.9 Å². The highest BCUT2D eigenvalue weighted by atomic mass is 127. The highest BCUT2D eigenvalue weighted by molar-refractivity contribution is 14.1. The lowest BCUT2D eigenvalue weighted by atomic mass is 10.0. The highest BCUT2D eigenvalue weighted by Gasteiger charge is 2.51. The van der Waals surface area contributed by atoms with Crippen molar-refractivity contribution >= 4 is 40.2 Å². The predicted molar refractivity (Wildman–Crippen MR) is 87.7 cm³/mol. The molecule has 5 nitrogen and oxygen atoms in total. The molecule has 2 rings (SSSR count). The van der Waals surface area contributed by atoms with Gasteiger partial charge in [0, 0.05) is 10.1 Å². The van der Waals surface area contributed by atoms with Gasteiger partial charge in [0.2, 0.25) is 0 Å². The molecule has 1 aromatic rings. The number of anilines is 1. The third-order valence-electron chi connectivity index (χ3n) is 3.47. The van der Waals surface area contributed by atoms with E-state index in [1.807, 2.05) is 22.6 Å². The Morgan fingerprint density at radius 1 is 1.43 bits per heavy atom. The van der Waals surface area contributed by atoms with Gasteiger partial charge in [0.25, 0.3) is 5.91 Å². The van der Waals surface area contributed by atoms with Crippen LogP contribution in [-0.4, -0.2) is 28.9 Å². The van der Waals surface area contributed by atoms with E-state index in [9.17, 15) is 9.59 Å². The molecular formula is C15H14IN3O2. The molecule has 0 N–H and O–H groups in total. The van der Waals surface area contributed by atoms with Gasteiger partial charge in [0.05, 0.1) is 11.3 Å². The van der Waals surface area contributed by atoms with Crippen molar-refractivity contribution in [3.63, 3.8) is 0 Å². The molecule has 0 radical (unpaired) electrons. The van der Waals surface area contributed by atoms with Gasteiger partial charge in [0.15, 0.2) is 0 Å². The van der Waals surface area contributed by atoms with Gasteiger partial charge in [0.1, 0.15) is 11.6 Å². The summed E-state index contributed by atoms with van der Waals surface area (Å²) in [7, 11) is 0. The molecule has 0 bridgehead atoms. The first-order valence-corrected chi connectivity index (χ1v) is 7.39. The van der Waals surface area contributed by atoms with Gasteiger partial charge in [-0.05, 0) is 54.6 Å². The Balaban J connectivity index is 2.47. The Hall–Kier alpha value is -1.88. The molecule has 1 aliphatic heterocycles. The van der Waals surface area contributed by atoms with Gasteiger partial charge >= 0.3 is 6.03 Å². The van der Waals surface area contributed by atoms with Crippen molar-refractivity contribution in [1.82, 2.24) is 4.90 Å². The number of amides is 3. The van der Waals surface area contributed by atoms with Gasteiger partial charge in [-0.25, -0.2) is 9.69 Å². The van der Waals surface area contributed by atoms with E-state index in [2.05, 4.69) is 12.6 Å². The van der Waals surface area contributed by atoms with Crippen LogP contribution < -0.4 is 4.90 Å². The summed E-state index contributed by atoms with van der Waals surface area (Å²) < 4.78 is 0.702. The summed E-state index contributed by atoms with van der Waals surface area (Å²) >= 11 is 2.02. The zero-order valence-electron chi connectivity index (χ0n) is 11.8. The first-order valence-electron chi connectivity index (χ1n) is 6.31. The fraction of sp³-hybridized carbons (Fsp3) is 0.267. The predicted octanol–water partition coefficient (Wildman–Crippen LogP) is 2.90. The fourth-order valence-electron chi connectivity index (χ4n) is 2.23. The van der Waals surface area contributed by atoms with Crippen LogP contribution in [0.1, 0.15) is 19.4 Å². The van der Waals surface area contributed by atoms with Crippen molar-refractivity contribution < 1.29 is 9.59 Å². The summed E-state index contributed by atoms with van der Waals surface area (Å²) in [5.74, 6) is -0.283. The first kappa shape index (κ1) is 15.5. The zero-order valence-corrected chi connectivity index (χ0v) is 13.9. The lowest BCUT2D eigenvalue weighted by Crippen LogP contribution is -2.44. The number of hydrogen-bond acceptors (Lipinski definition) is 3. The lowest BCUT2D eigenvalue weighted by Gasteiger charge is -2.26. The minimum Gasteiger partial charge on any atom is -0.306 e. The number of carbonyl (C=O) groups is 2. The third-order valence-corrected chi connectivity index (χ3v) is 4.36. The van der Waals surface area contributed by atoms with Crippen LogP contribution in [-0.2, 0) is 4.79 Å². The molecule has 1 aromatic carbocycles.